The van der Waals surface area contributed by atoms with Crippen LogP contribution in [0, 0.1) is 13.8 Å². The summed E-state index contributed by atoms with van der Waals surface area (Å²) < 4.78 is 5.15. The molecule has 0 unspecified atom stereocenters. The quantitative estimate of drug-likeness (QED) is 0.837. The van der Waals surface area contributed by atoms with Crippen LogP contribution in [0.2, 0.25) is 0 Å². The van der Waals surface area contributed by atoms with Crippen molar-refractivity contribution in [2.24, 2.45) is 0 Å². The van der Waals surface area contributed by atoms with Gasteiger partial charge >= 0.3 is 0 Å². The lowest BCUT2D eigenvalue weighted by atomic mass is 10.1. The molecule has 18 heavy (non-hydrogen) atoms. The van der Waals surface area contributed by atoms with Gasteiger partial charge in [0.25, 0.3) is 10.9 Å². The molecule has 4 nitrogen and oxygen atoms in total. The lowest BCUT2D eigenvalue weighted by Crippen LogP contribution is -2.35. The first-order valence-corrected chi connectivity index (χ1v) is 5.85. The van der Waals surface area contributed by atoms with Gasteiger partial charge in [0, 0.05) is 5.69 Å². The summed E-state index contributed by atoms with van der Waals surface area (Å²) >= 11 is 0. The Morgan fingerprint density at radius 1 is 1.11 bits per heavy atom. The van der Waals surface area contributed by atoms with E-state index in [1.54, 1.807) is 6.92 Å². The van der Waals surface area contributed by atoms with Crippen molar-refractivity contribution in [2.75, 3.05) is 11.9 Å². The minimum atomic E-state index is -0.553. The average Bonchev–Trinajstić information content (AvgIpc) is 2.37. The summed E-state index contributed by atoms with van der Waals surface area (Å²) in [6.45, 7) is 6.15. The van der Waals surface area contributed by atoms with Crippen LogP contribution in [-0.2, 0) is 0 Å². The summed E-state index contributed by atoms with van der Waals surface area (Å²) in [5, 5.41) is 2.95. The predicted molar refractivity (Wildman–Crippen MR) is 71.7 cm³/mol. The lowest BCUT2D eigenvalue weighted by Gasteiger charge is -2.13. The Kier molecular flexibility index (Phi) is 3.19. The Bertz CT molecular complexity index is 651. The fourth-order valence-corrected chi connectivity index (χ4v) is 1.73. The zero-order valence-corrected chi connectivity index (χ0v) is 10.7. The topological polar surface area (TPSA) is 55.4 Å². The van der Waals surface area contributed by atoms with Gasteiger partial charge in [-0.05, 0) is 44.0 Å². The molecule has 2 aromatic carbocycles. The van der Waals surface area contributed by atoms with E-state index in [0.29, 0.717) is 6.61 Å². The van der Waals surface area contributed by atoms with Crippen LogP contribution in [0.25, 0.3) is 0 Å². The van der Waals surface area contributed by atoms with Crippen molar-refractivity contribution in [1.82, 2.24) is 0 Å². The summed E-state index contributed by atoms with van der Waals surface area (Å²) in [5.41, 5.74) is 2.27. The second-order valence-electron chi connectivity index (χ2n) is 4.22. The summed E-state index contributed by atoms with van der Waals surface area (Å²) in [4.78, 5) is 22.8. The van der Waals surface area contributed by atoms with Gasteiger partial charge in [0.15, 0.2) is 5.75 Å². The molecule has 0 atom stereocenters. The smallest absolute Gasteiger partial charge is 0.272 e. The van der Waals surface area contributed by atoms with Crippen molar-refractivity contribution in [2.45, 2.75) is 20.8 Å². The SMILES string of the molecule is CCOc1c(Nc2ccc(C)c(C)c2)c(=O)c1=O. The Morgan fingerprint density at radius 2 is 1.83 bits per heavy atom. The Morgan fingerprint density at radius 3 is 2.44 bits per heavy atom. The van der Waals surface area contributed by atoms with E-state index in [-0.39, 0.29) is 11.4 Å². The first-order valence-electron chi connectivity index (χ1n) is 5.85. The van der Waals surface area contributed by atoms with E-state index in [1.807, 2.05) is 32.0 Å². The minimum absolute atomic E-state index is 0.140. The fourth-order valence-electron chi connectivity index (χ4n) is 1.73. The number of aryl methyl sites for hydroxylation is 2. The largest absolute Gasteiger partial charge is 0.488 e. The van der Waals surface area contributed by atoms with Gasteiger partial charge in [-0.15, -0.1) is 0 Å². The molecule has 2 rings (SSSR count). The Labute approximate surface area is 105 Å². The van der Waals surface area contributed by atoms with Gasteiger partial charge in [-0.2, -0.15) is 0 Å². The summed E-state index contributed by atoms with van der Waals surface area (Å²) in [6, 6.07) is 5.76. The standard InChI is InChI=1S/C14H15NO3/c1-4-18-14-11(12(16)13(14)17)15-10-6-5-8(2)9(3)7-10/h5-7,15H,4H2,1-3H3. The van der Waals surface area contributed by atoms with E-state index in [2.05, 4.69) is 5.32 Å². The van der Waals surface area contributed by atoms with Crippen molar-refractivity contribution < 1.29 is 4.74 Å². The highest BCUT2D eigenvalue weighted by Crippen LogP contribution is 2.23. The van der Waals surface area contributed by atoms with E-state index >= 15 is 0 Å². The highest BCUT2D eigenvalue weighted by molar-refractivity contribution is 5.70. The first-order chi connectivity index (χ1) is 8.54. The summed E-state index contributed by atoms with van der Waals surface area (Å²) in [6.07, 6.45) is 0. The highest BCUT2D eigenvalue weighted by Gasteiger charge is 2.22. The Balaban J connectivity index is 2.29. The van der Waals surface area contributed by atoms with Crippen LogP contribution in [0.4, 0.5) is 11.4 Å². The van der Waals surface area contributed by atoms with Crippen molar-refractivity contribution in [1.29, 1.82) is 0 Å². The molecule has 0 spiro atoms. The van der Waals surface area contributed by atoms with Gasteiger partial charge < -0.3 is 10.1 Å². The third kappa shape index (κ3) is 2.01. The molecule has 0 radical (unpaired) electrons. The third-order valence-electron chi connectivity index (χ3n) is 2.93. The molecule has 1 N–H and O–H groups in total. The van der Waals surface area contributed by atoms with E-state index in [0.717, 1.165) is 11.3 Å². The van der Waals surface area contributed by atoms with Crippen molar-refractivity contribution in [3.63, 3.8) is 0 Å². The van der Waals surface area contributed by atoms with Crippen molar-refractivity contribution in [3.05, 3.63) is 49.8 Å². The van der Waals surface area contributed by atoms with Crippen LogP contribution in [-0.4, -0.2) is 6.61 Å². The highest BCUT2D eigenvalue weighted by atomic mass is 16.5. The molecule has 0 heterocycles. The lowest BCUT2D eigenvalue weighted by molar-refractivity contribution is 0.335. The fraction of sp³-hybridized carbons (Fsp3) is 0.286. The summed E-state index contributed by atoms with van der Waals surface area (Å²) in [5.74, 6) is 0.140. The number of nitrogens with one attached hydrogen (secondary N) is 1. The van der Waals surface area contributed by atoms with Gasteiger partial charge in [-0.3, -0.25) is 9.59 Å². The number of hydrogen-bond acceptors (Lipinski definition) is 4. The van der Waals surface area contributed by atoms with Crippen LogP contribution in [0.3, 0.4) is 0 Å². The number of benzene rings is 1. The average molecular weight is 245 g/mol. The molecule has 0 bridgehead atoms. The second kappa shape index (κ2) is 4.64. The Hall–Kier alpha value is -2.10. The van der Waals surface area contributed by atoms with Gasteiger partial charge in [0.1, 0.15) is 5.69 Å². The molecule has 0 aromatic heterocycles. The number of hydrogen-bond donors (Lipinski definition) is 1. The van der Waals surface area contributed by atoms with Gasteiger partial charge in [-0.25, -0.2) is 0 Å². The van der Waals surface area contributed by atoms with E-state index < -0.39 is 10.9 Å². The number of ether oxygens (including phenoxy) is 1. The molecule has 94 valence electrons. The van der Waals surface area contributed by atoms with E-state index in [4.69, 9.17) is 4.74 Å². The molecule has 0 aliphatic carbocycles. The molecule has 4 heteroatoms. The van der Waals surface area contributed by atoms with Crippen molar-refractivity contribution >= 4 is 11.4 Å². The predicted octanol–water partition coefficient (Wildman–Crippen LogP) is 2.04. The van der Waals surface area contributed by atoms with Crippen LogP contribution < -0.4 is 20.9 Å². The van der Waals surface area contributed by atoms with Gasteiger partial charge in [0.05, 0.1) is 6.61 Å². The van der Waals surface area contributed by atoms with Crippen LogP contribution >= 0.6 is 0 Å². The molecule has 0 saturated carbocycles. The zero-order chi connectivity index (χ0) is 13.3. The molecular formula is C14H15NO3. The number of rotatable bonds is 4. The van der Waals surface area contributed by atoms with E-state index in [9.17, 15) is 9.59 Å². The van der Waals surface area contributed by atoms with Crippen LogP contribution in [0.15, 0.2) is 27.8 Å². The first kappa shape index (κ1) is 12.4. The van der Waals surface area contributed by atoms with Crippen LogP contribution in [0.1, 0.15) is 18.1 Å². The zero-order valence-electron chi connectivity index (χ0n) is 10.7. The monoisotopic (exact) mass is 245 g/mol. The molecular weight excluding hydrogens is 230 g/mol. The van der Waals surface area contributed by atoms with Gasteiger partial charge in [-0.1, -0.05) is 6.07 Å². The van der Waals surface area contributed by atoms with Crippen molar-refractivity contribution in [3.8, 4) is 5.75 Å². The maximum absolute atomic E-state index is 11.5. The molecule has 0 fully saturated rings. The maximum Gasteiger partial charge on any atom is 0.272 e. The molecule has 0 aliphatic rings. The second-order valence-corrected chi connectivity index (χ2v) is 4.22. The minimum Gasteiger partial charge on any atom is -0.488 e. The van der Waals surface area contributed by atoms with E-state index in [1.165, 1.54) is 5.56 Å². The molecule has 2 aromatic rings. The molecule has 0 saturated heterocycles. The molecule has 0 amide bonds. The maximum atomic E-state index is 11.5. The normalized spacial score (nSPS) is 10.6. The van der Waals surface area contributed by atoms with Crippen LogP contribution in [0.5, 0.6) is 5.75 Å². The summed E-state index contributed by atoms with van der Waals surface area (Å²) in [7, 11) is 0. The third-order valence-corrected chi connectivity index (χ3v) is 2.93. The van der Waals surface area contributed by atoms with Gasteiger partial charge in [0.2, 0.25) is 0 Å². The molecule has 0 aliphatic heterocycles. The number of anilines is 2.